The maximum Gasteiger partial charge on any atom is 0.389 e. The molecule has 0 aliphatic rings. The normalized spacial score (nSPS) is 13.6. The fourth-order valence-electron chi connectivity index (χ4n) is 2.40. The fourth-order valence-corrected chi connectivity index (χ4v) is 4.42. The standard InChI is InChI=1S/C20H18F8S2/c1-11-5-7-13(3)15(9-11)29-19(25,26)17(21,22)18(23,24)20(27,28)30-16-10-12(2)6-8-14(16)4/h5-10H,1-4H3. The number of rotatable bonds is 7. The van der Waals surface area contributed by atoms with Crippen LogP contribution in [-0.2, 0) is 0 Å². The highest BCUT2D eigenvalue weighted by Gasteiger charge is 2.81. The van der Waals surface area contributed by atoms with Gasteiger partial charge in [-0.2, -0.15) is 35.1 Å². The van der Waals surface area contributed by atoms with Crippen LogP contribution in [0.15, 0.2) is 46.2 Å². The zero-order valence-corrected chi connectivity index (χ0v) is 17.9. The van der Waals surface area contributed by atoms with Gasteiger partial charge in [-0.3, -0.25) is 0 Å². The summed E-state index contributed by atoms with van der Waals surface area (Å²) >= 11 is -1.71. The van der Waals surface area contributed by atoms with E-state index in [1.54, 1.807) is 0 Å². The highest BCUT2D eigenvalue weighted by atomic mass is 32.2. The predicted octanol–water partition coefficient (Wildman–Crippen LogP) is 8.26. The van der Waals surface area contributed by atoms with Crippen molar-refractivity contribution in [2.45, 2.75) is 59.8 Å². The maximum atomic E-state index is 14.3. The molecule has 0 spiro atoms. The Balaban J connectivity index is 2.41. The van der Waals surface area contributed by atoms with Gasteiger partial charge in [0.25, 0.3) is 0 Å². The zero-order valence-electron chi connectivity index (χ0n) is 16.3. The van der Waals surface area contributed by atoms with Crippen LogP contribution in [0.5, 0.6) is 0 Å². The van der Waals surface area contributed by atoms with Gasteiger partial charge in [-0.25, -0.2) is 0 Å². The molecule has 0 unspecified atom stereocenters. The summed E-state index contributed by atoms with van der Waals surface area (Å²) in [5, 5.41) is -11.0. The van der Waals surface area contributed by atoms with Crippen molar-refractivity contribution in [3.8, 4) is 0 Å². The Hall–Kier alpha value is -1.42. The third-order valence-electron chi connectivity index (χ3n) is 4.29. The maximum absolute atomic E-state index is 14.3. The summed E-state index contributed by atoms with van der Waals surface area (Å²) in [6.07, 6.45) is 0. The summed E-state index contributed by atoms with van der Waals surface area (Å²) in [6, 6.07) is 7.92. The molecule has 0 aliphatic carbocycles. The van der Waals surface area contributed by atoms with Crippen LogP contribution in [0.3, 0.4) is 0 Å². The number of hydrogen-bond donors (Lipinski definition) is 0. The first-order valence-electron chi connectivity index (χ1n) is 8.55. The van der Waals surface area contributed by atoms with E-state index in [9.17, 15) is 35.1 Å². The van der Waals surface area contributed by atoms with Crippen molar-refractivity contribution in [3.05, 3.63) is 58.7 Å². The molecule has 30 heavy (non-hydrogen) atoms. The van der Waals surface area contributed by atoms with Crippen molar-refractivity contribution in [2.75, 3.05) is 0 Å². The number of benzene rings is 2. The minimum Gasteiger partial charge on any atom is -0.191 e. The van der Waals surface area contributed by atoms with Gasteiger partial charge in [0.15, 0.2) is 0 Å². The van der Waals surface area contributed by atoms with Crippen LogP contribution in [0, 0.1) is 27.7 Å². The Morgan fingerprint density at radius 1 is 0.533 bits per heavy atom. The summed E-state index contributed by atoms with van der Waals surface area (Å²) in [5.41, 5.74) is 1.09. The molecular weight excluding hydrogens is 456 g/mol. The lowest BCUT2D eigenvalue weighted by molar-refractivity contribution is -0.322. The summed E-state index contributed by atoms with van der Waals surface area (Å²) in [6.45, 7) is 5.62. The van der Waals surface area contributed by atoms with Crippen LogP contribution >= 0.6 is 23.5 Å². The summed E-state index contributed by atoms with van der Waals surface area (Å²) in [4.78, 5) is -0.804. The number of halogens is 8. The molecule has 0 N–H and O–H groups in total. The Labute approximate surface area is 177 Å². The molecule has 0 nitrogen and oxygen atoms in total. The first kappa shape index (κ1) is 24.8. The molecule has 2 aromatic carbocycles. The minimum atomic E-state index is -6.34. The number of alkyl halides is 8. The molecule has 0 radical (unpaired) electrons. The molecule has 0 aromatic heterocycles. The van der Waals surface area contributed by atoms with Crippen LogP contribution in [0.1, 0.15) is 22.3 Å². The highest BCUT2D eigenvalue weighted by Crippen LogP contribution is 2.61. The van der Waals surface area contributed by atoms with Gasteiger partial charge in [-0.05, 0) is 85.6 Å². The van der Waals surface area contributed by atoms with E-state index in [1.165, 1.54) is 52.0 Å². The van der Waals surface area contributed by atoms with Crippen molar-refractivity contribution in [2.24, 2.45) is 0 Å². The van der Waals surface area contributed by atoms with Gasteiger partial charge in [0, 0.05) is 9.79 Å². The number of thioether (sulfide) groups is 2. The minimum absolute atomic E-state index is 0.126. The van der Waals surface area contributed by atoms with Gasteiger partial charge in [-0.1, -0.05) is 24.3 Å². The van der Waals surface area contributed by atoms with E-state index in [1.807, 2.05) is 0 Å². The van der Waals surface area contributed by atoms with Crippen molar-refractivity contribution < 1.29 is 35.1 Å². The third kappa shape index (κ3) is 4.59. The van der Waals surface area contributed by atoms with E-state index in [0.29, 0.717) is 11.1 Å². The Bertz CT molecular complexity index is 850. The molecule has 2 rings (SSSR count). The predicted molar refractivity (Wildman–Crippen MR) is 103 cm³/mol. The summed E-state index contributed by atoms with van der Waals surface area (Å²) < 4.78 is 114. The fraction of sp³-hybridized carbons (Fsp3) is 0.400. The monoisotopic (exact) mass is 474 g/mol. The van der Waals surface area contributed by atoms with Crippen LogP contribution in [0.25, 0.3) is 0 Å². The first-order valence-corrected chi connectivity index (χ1v) is 10.2. The lowest BCUT2D eigenvalue weighted by atomic mass is 10.1. The van der Waals surface area contributed by atoms with Gasteiger partial charge in [0.05, 0.1) is 0 Å². The number of aryl methyl sites for hydroxylation is 4. The average Bonchev–Trinajstić information content (AvgIpc) is 2.60. The molecule has 0 amide bonds. The molecule has 0 fully saturated rings. The Morgan fingerprint density at radius 3 is 1.13 bits per heavy atom. The topological polar surface area (TPSA) is 0 Å². The second-order valence-electron chi connectivity index (χ2n) is 6.92. The van der Waals surface area contributed by atoms with Crippen LogP contribution in [-0.4, -0.2) is 22.4 Å². The Kier molecular flexibility index (Phi) is 6.84. The van der Waals surface area contributed by atoms with Crippen molar-refractivity contribution in [1.29, 1.82) is 0 Å². The van der Waals surface area contributed by atoms with Crippen LogP contribution < -0.4 is 0 Å². The molecule has 10 heteroatoms. The van der Waals surface area contributed by atoms with E-state index in [4.69, 9.17) is 0 Å². The zero-order chi connectivity index (χ0) is 23.1. The van der Waals surface area contributed by atoms with Gasteiger partial charge in [-0.15, -0.1) is 0 Å². The van der Waals surface area contributed by atoms with Gasteiger partial charge >= 0.3 is 22.4 Å². The molecule has 0 bridgehead atoms. The lowest BCUT2D eigenvalue weighted by Crippen LogP contribution is -2.60. The van der Waals surface area contributed by atoms with E-state index < -0.39 is 55.7 Å². The van der Waals surface area contributed by atoms with E-state index >= 15 is 0 Å². The molecule has 2 aromatic rings. The SMILES string of the molecule is Cc1ccc(C)c(SC(F)(F)C(F)(F)C(F)(F)C(F)(F)Sc2cc(C)ccc2C)c1. The molecule has 0 heterocycles. The van der Waals surface area contributed by atoms with Crippen molar-refractivity contribution >= 4 is 23.5 Å². The lowest BCUT2D eigenvalue weighted by Gasteiger charge is -2.36. The van der Waals surface area contributed by atoms with Crippen molar-refractivity contribution in [1.82, 2.24) is 0 Å². The molecule has 0 aliphatic heterocycles. The van der Waals surface area contributed by atoms with Gasteiger partial charge in [0.2, 0.25) is 0 Å². The molecule has 0 saturated carbocycles. The van der Waals surface area contributed by atoms with Crippen LogP contribution in [0.4, 0.5) is 35.1 Å². The van der Waals surface area contributed by atoms with Crippen LogP contribution in [0.2, 0.25) is 0 Å². The summed E-state index contributed by atoms with van der Waals surface area (Å²) in [7, 11) is 0. The molecule has 0 saturated heterocycles. The van der Waals surface area contributed by atoms with E-state index in [-0.39, 0.29) is 11.1 Å². The molecular formula is C20H18F8S2. The average molecular weight is 474 g/mol. The molecule has 166 valence electrons. The van der Waals surface area contributed by atoms with Gasteiger partial charge < -0.3 is 0 Å². The largest absolute Gasteiger partial charge is 0.389 e. The van der Waals surface area contributed by atoms with E-state index in [0.717, 1.165) is 12.1 Å². The molecule has 0 atom stereocenters. The second kappa shape index (κ2) is 8.26. The van der Waals surface area contributed by atoms with Crippen molar-refractivity contribution in [3.63, 3.8) is 0 Å². The second-order valence-corrected chi connectivity index (χ2v) is 9.24. The van der Waals surface area contributed by atoms with E-state index in [2.05, 4.69) is 0 Å². The Morgan fingerprint density at radius 2 is 0.833 bits per heavy atom. The third-order valence-corrected chi connectivity index (χ3v) is 6.63. The first-order chi connectivity index (χ1) is 13.5. The highest BCUT2D eigenvalue weighted by molar-refractivity contribution is 8.00. The summed E-state index contributed by atoms with van der Waals surface area (Å²) in [5.74, 6) is -12.7. The van der Waals surface area contributed by atoms with Gasteiger partial charge in [0.1, 0.15) is 0 Å². The quantitative estimate of drug-likeness (QED) is 0.293. The smallest absolute Gasteiger partial charge is 0.191 e. The number of hydrogen-bond acceptors (Lipinski definition) is 2.